The van der Waals surface area contributed by atoms with Crippen molar-refractivity contribution in [1.29, 1.82) is 5.26 Å². The third-order valence-electron chi connectivity index (χ3n) is 5.59. The molecule has 0 aromatic heterocycles. The molecule has 0 radical (unpaired) electrons. The molecule has 160 valence electrons. The van der Waals surface area contributed by atoms with Crippen molar-refractivity contribution in [1.82, 2.24) is 0 Å². The van der Waals surface area contributed by atoms with Gasteiger partial charge in [-0.05, 0) is 35.4 Å². The molecule has 0 spiro atoms. The van der Waals surface area contributed by atoms with Crippen molar-refractivity contribution >= 4 is 17.5 Å². The highest BCUT2D eigenvalue weighted by Gasteiger charge is 2.38. The predicted molar refractivity (Wildman–Crippen MR) is 121 cm³/mol. The first-order valence-corrected chi connectivity index (χ1v) is 9.80. The molecule has 0 N–H and O–H groups in total. The number of carbonyl (C=O) groups is 1. The fourth-order valence-electron chi connectivity index (χ4n) is 3.97. The van der Waals surface area contributed by atoms with Crippen LogP contribution in [0.1, 0.15) is 25.0 Å². The van der Waals surface area contributed by atoms with E-state index in [-0.39, 0.29) is 16.8 Å². The van der Waals surface area contributed by atoms with Gasteiger partial charge in [-0.1, -0.05) is 32.0 Å². The van der Waals surface area contributed by atoms with E-state index in [1.165, 1.54) is 27.4 Å². The largest absolute Gasteiger partial charge is 0.493 e. The molecule has 0 unspecified atom stereocenters. The first-order chi connectivity index (χ1) is 14.8. The summed E-state index contributed by atoms with van der Waals surface area (Å²) >= 11 is 0. The topological polar surface area (TPSA) is 71.8 Å². The number of hydrogen-bond acceptors (Lipinski definition) is 6. The summed E-state index contributed by atoms with van der Waals surface area (Å²) in [6, 6.07) is 13.5. The van der Waals surface area contributed by atoms with Gasteiger partial charge in [0.05, 0.1) is 26.9 Å². The molecule has 0 saturated carbocycles. The van der Waals surface area contributed by atoms with Gasteiger partial charge >= 0.3 is 0 Å². The number of rotatable bonds is 6. The molecular formula is C25H26N2O4. The van der Waals surface area contributed by atoms with Gasteiger partial charge in [-0.25, -0.2) is 0 Å². The van der Waals surface area contributed by atoms with E-state index in [0.29, 0.717) is 22.8 Å². The zero-order chi connectivity index (χ0) is 22.8. The molecule has 31 heavy (non-hydrogen) atoms. The summed E-state index contributed by atoms with van der Waals surface area (Å²) < 4.78 is 16.0. The highest BCUT2D eigenvalue weighted by molar-refractivity contribution is 6.11. The van der Waals surface area contributed by atoms with Crippen LogP contribution in [-0.4, -0.2) is 34.2 Å². The van der Waals surface area contributed by atoms with E-state index >= 15 is 0 Å². The van der Waals surface area contributed by atoms with E-state index in [2.05, 4.69) is 19.9 Å². The number of carbonyl (C=O) groups excluding carboxylic acids is 1. The van der Waals surface area contributed by atoms with Crippen LogP contribution in [0, 0.1) is 11.3 Å². The lowest BCUT2D eigenvalue weighted by molar-refractivity contribution is -0.111. The van der Waals surface area contributed by atoms with Crippen LogP contribution in [0.2, 0.25) is 0 Å². The number of benzene rings is 2. The first kappa shape index (κ1) is 22.0. The van der Waals surface area contributed by atoms with Crippen LogP contribution in [0.4, 0.5) is 5.69 Å². The van der Waals surface area contributed by atoms with E-state index in [0.717, 1.165) is 16.9 Å². The number of ether oxygens (including phenoxy) is 3. The van der Waals surface area contributed by atoms with Crippen molar-refractivity contribution in [3.63, 3.8) is 0 Å². The lowest BCUT2D eigenvalue weighted by atomic mass is 9.83. The van der Waals surface area contributed by atoms with Crippen molar-refractivity contribution in [2.24, 2.45) is 0 Å². The maximum absolute atomic E-state index is 13.1. The Morgan fingerprint density at radius 1 is 1.06 bits per heavy atom. The van der Waals surface area contributed by atoms with Crippen LogP contribution in [0.3, 0.4) is 0 Å². The van der Waals surface area contributed by atoms with Crippen molar-refractivity contribution in [3.05, 3.63) is 64.9 Å². The number of likely N-dealkylation sites (N-methyl/N-ethyl adjacent to an activating group) is 1. The predicted octanol–water partition coefficient (Wildman–Crippen LogP) is 4.50. The third-order valence-corrected chi connectivity index (χ3v) is 5.59. The Bertz CT molecular complexity index is 1100. The summed E-state index contributed by atoms with van der Waals surface area (Å²) in [7, 11) is 6.48. The second kappa shape index (κ2) is 8.57. The number of para-hydroxylation sites is 1. The lowest BCUT2D eigenvalue weighted by Crippen LogP contribution is -2.24. The molecule has 6 nitrogen and oxygen atoms in total. The Morgan fingerprint density at radius 2 is 1.68 bits per heavy atom. The Hall–Kier alpha value is -3.72. The molecule has 2 aromatic rings. The van der Waals surface area contributed by atoms with Gasteiger partial charge in [0, 0.05) is 29.9 Å². The van der Waals surface area contributed by atoms with E-state index in [1.807, 2.05) is 36.2 Å². The Balaban J connectivity index is 2.02. The number of nitrogens with zero attached hydrogens (tertiary/aromatic N) is 2. The van der Waals surface area contributed by atoms with Crippen molar-refractivity contribution in [2.45, 2.75) is 19.3 Å². The molecule has 0 fully saturated rings. The third kappa shape index (κ3) is 3.87. The summed E-state index contributed by atoms with van der Waals surface area (Å²) in [6.07, 6.45) is 3.08. The normalized spacial score (nSPS) is 16.0. The van der Waals surface area contributed by atoms with Crippen LogP contribution in [0.15, 0.2) is 53.7 Å². The SMILES string of the molecule is COc1cc(/C=C(\C#N)C(=O)/C=C2\N(C)c3ccccc3C2(C)C)cc(OC)c1OC. The number of hydrogen-bond donors (Lipinski definition) is 0. The molecule has 1 aliphatic rings. The molecule has 1 heterocycles. The number of fused-ring (bicyclic) bond motifs is 1. The molecule has 6 heteroatoms. The van der Waals surface area contributed by atoms with Gasteiger partial charge < -0.3 is 19.1 Å². The molecule has 2 aromatic carbocycles. The molecule has 0 bridgehead atoms. The van der Waals surface area contributed by atoms with E-state index in [4.69, 9.17) is 14.2 Å². The van der Waals surface area contributed by atoms with Gasteiger partial charge in [0.15, 0.2) is 17.3 Å². The molecule has 0 amide bonds. The van der Waals surface area contributed by atoms with Gasteiger partial charge in [-0.3, -0.25) is 4.79 Å². The Labute approximate surface area is 183 Å². The van der Waals surface area contributed by atoms with Gasteiger partial charge in [-0.15, -0.1) is 0 Å². The zero-order valence-corrected chi connectivity index (χ0v) is 18.6. The lowest BCUT2D eigenvalue weighted by Gasteiger charge is -2.23. The number of ketones is 1. The summed E-state index contributed by atoms with van der Waals surface area (Å²) in [5.41, 5.74) is 3.29. The summed E-state index contributed by atoms with van der Waals surface area (Å²) in [6.45, 7) is 4.15. The minimum Gasteiger partial charge on any atom is -0.493 e. The zero-order valence-electron chi connectivity index (χ0n) is 18.6. The smallest absolute Gasteiger partial charge is 0.203 e. The Morgan fingerprint density at radius 3 is 2.19 bits per heavy atom. The van der Waals surface area contributed by atoms with Crippen LogP contribution in [-0.2, 0) is 10.2 Å². The first-order valence-electron chi connectivity index (χ1n) is 9.80. The molecule has 0 saturated heterocycles. The van der Waals surface area contributed by atoms with Gasteiger partial charge in [0.1, 0.15) is 6.07 Å². The van der Waals surface area contributed by atoms with Gasteiger partial charge in [0.25, 0.3) is 0 Å². The second-order valence-electron chi connectivity index (χ2n) is 7.72. The monoisotopic (exact) mass is 418 g/mol. The van der Waals surface area contributed by atoms with E-state index in [1.54, 1.807) is 18.2 Å². The van der Waals surface area contributed by atoms with E-state index in [9.17, 15) is 10.1 Å². The highest BCUT2D eigenvalue weighted by Crippen LogP contribution is 2.46. The quantitative estimate of drug-likeness (QED) is 0.508. The molecule has 0 aliphatic carbocycles. The Kier molecular flexibility index (Phi) is 6.07. The molecule has 1 aliphatic heterocycles. The second-order valence-corrected chi connectivity index (χ2v) is 7.72. The van der Waals surface area contributed by atoms with Gasteiger partial charge in [-0.2, -0.15) is 5.26 Å². The summed E-state index contributed by atoms with van der Waals surface area (Å²) in [5, 5.41) is 9.69. The number of anilines is 1. The number of nitriles is 1. The standard InChI is InChI=1S/C25H26N2O4/c1-25(2)18-9-7-8-10-19(18)27(3)23(25)14-20(28)17(15-26)11-16-12-21(29-4)24(31-6)22(13-16)30-5/h7-14H,1-6H3/b17-11+,23-14-. The molecule has 3 rings (SSSR count). The van der Waals surface area contributed by atoms with Crippen molar-refractivity contribution < 1.29 is 19.0 Å². The van der Waals surface area contributed by atoms with Crippen LogP contribution < -0.4 is 19.1 Å². The maximum atomic E-state index is 13.1. The fraction of sp³-hybridized carbons (Fsp3) is 0.280. The molecular weight excluding hydrogens is 392 g/mol. The molecule has 0 atom stereocenters. The van der Waals surface area contributed by atoms with Crippen LogP contribution >= 0.6 is 0 Å². The van der Waals surface area contributed by atoms with Gasteiger partial charge in [0.2, 0.25) is 5.75 Å². The summed E-state index contributed by atoms with van der Waals surface area (Å²) in [4.78, 5) is 15.1. The minimum atomic E-state index is -0.362. The fourth-order valence-corrected chi connectivity index (χ4v) is 3.97. The van der Waals surface area contributed by atoms with E-state index < -0.39 is 0 Å². The highest BCUT2D eigenvalue weighted by atomic mass is 16.5. The number of allylic oxidation sites excluding steroid dienone is 3. The minimum absolute atomic E-state index is 0.0157. The van der Waals surface area contributed by atoms with Crippen molar-refractivity contribution in [3.8, 4) is 23.3 Å². The van der Waals surface area contributed by atoms with Crippen LogP contribution in [0.25, 0.3) is 6.08 Å². The van der Waals surface area contributed by atoms with Crippen molar-refractivity contribution in [2.75, 3.05) is 33.3 Å². The average molecular weight is 418 g/mol. The maximum Gasteiger partial charge on any atom is 0.203 e. The average Bonchev–Trinajstić information content (AvgIpc) is 2.97. The summed E-state index contributed by atoms with van der Waals surface area (Å²) in [5.74, 6) is 0.979. The number of methoxy groups -OCH3 is 3. The van der Waals surface area contributed by atoms with Crippen LogP contribution in [0.5, 0.6) is 17.2 Å².